The van der Waals surface area contributed by atoms with Gasteiger partial charge in [0.15, 0.2) is 0 Å². The van der Waals surface area contributed by atoms with Crippen LogP contribution in [-0.2, 0) is 13.0 Å². The van der Waals surface area contributed by atoms with Gasteiger partial charge in [-0.05, 0) is 25.2 Å². The molecule has 0 radical (unpaired) electrons. The first kappa shape index (κ1) is 14.2. The van der Waals surface area contributed by atoms with Crippen molar-refractivity contribution in [2.45, 2.75) is 72.3 Å². The lowest BCUT2D eigenvalue weighted by molar-refractivity contribution is 0.492. The molecule has 0 saturated carbocycles. The van der Waals surface area contributed by atoms with Crippen molar-refractivity contribution in [3.05, 3.63) is 11.9 Å². The minimum atomic E-state index is 0.753. The largest absolute Gasteiger partial charge is 0.249 e. The van der Waals surface area contributed by atoms with Crippen molar-refractivity contribution in [1.29, 1.82) is 0 Å². The summed E-state index contributed by atoms with van der Waals surface area (Å²) in [5.74, 6) is 0.753. The van der Waals surface area contributed by atoms with Gasteiger partial charge in [-0.15, -0.1) is 5.10 Å². The van der Waals surface area contributed by atoms with Gasteiger partial charge in [-0.25, -0.2) is 4.68 Å². The van der Waals surface area contributed by atoms with E-state index in [1.54, 1.807) is 0 Å². The molecule has 0 bridgehead atoms. The zero-order valence-corrected chi connectivity index (χ0v) is 11.7. The lowest BCUT2D eigenvalue weighted by Gasteiger charge is -2.07. The summed E-state index contributed by atoms with van der Waals surface area (Å²) in [5.41, 5.74) is 1.30. The molecule has 0 atom stereocenters. The highest BCUT2D eigenvalue weighted by Gasteiger charge is 2.04. The van der Waals surface area contributed by atoms with E-state index in [9.17, 15) is 0 Å². The zero-order chi connectivity index (χ0) is 12.5. The van der Waals surface area contributed by atoms with Gasteiger partial charge in [0.1, 0.15) is 0 Å². The second kappa shape index (κ2) is 8.26. The third-order valence-corrected chi connectivity index (χ3v) is 3.15. The summed E-state index contributed by atoms with van der Waals surface area (Å²) in [4.78, 5) is 0. The topological polar surface area (TPSA) is 30.7 Å². The lowest BCUT2D eigenvalue weighted by Crippen LogP contribution is -2.06. The molecule has 3 nitrogen and oxygen atoms in total. The standard InChI is InChI=1S/C14H27N3/c1-4-5-6-7-8-11-17-14(12-15-16-17)10-9-13(2)3/h12-13H,4-11H2,1-3H3. The molecule has 3 heteroatoms. The van der Waals surface area contributed by atoms with Gasteiger partial charge in [0.2, 0.25) is 0 Å². The number of unbranched alkanes of at least 4 members (excludes halogenated alkanes) is 4. The third-order valence-electron chi connectivity index (χ3n) is 3.15. The SMILES string of the molecule is CCCCCCCn1nncc1CCC(C)C. The molecule has 0 aromatic carbocycles. The van der Waals surface area contributed by atoms with E-state index in [1.807, 2.05) is 6.20 Å². The number of aromatic nitrogens is 3. The Kier molecular flexibility index (Phi) is 6.90. The highest BCUT2D eigenvalue weighted by molar-refractivity contribution is 4.94. The molecule has 0 aliphatic rings. The minimum absolute atomic E-state index is 0.753. The van der Waals surface area contributed by atoms with Gasteiger partial charge in [-0.2, -0.15) is 0 Å². The Morgan fingerprint density at radius 3 is 2.65 bits per heavy atom. The molecule has 1 rings (SSSR count). The number of hydrogen-bond donors (Lipinski definition) is 0. The maximum absolute atomic E-state index is 4.18. The van der Waals surface area contributed by atoms with Crippen LogP contribution >= 0.6 is 0 Å². The number of hydrogen-bond acceptors (Lipinski definition) is 2. The van der Waals surface area contributed by atoms with Crippen LogP contribution in [0.1, 0.15) is 65.0 Å². The first-order chi connectivity index (χ1) is 8.24. The Morgan fingerprint density at radius 2 is 1.94 bits per heavy atom. The van der Waals surface area contributed by atoms with Crippen molar-refractivity contribution in [3.8, 4) is 0 Å². The molecule has 0 fully saturated rings. The lowest BCUT2D eigenvalue weighted by atomic mass is 10.1. The number of rotatable bonds is 9. The molecule has 1 heterocycles. The molecule has 98 valence electrons. The number of aryl methyl sites for hydroxylation is 2. The van der Waals surface area contributed by atoms with Gasteiger partial charge in [0, 0.05) is 6.54 Å². The Labute approximate surface area is 106 Å². The first-order valence-corrected chi connectivity index (χ1v) is 7.11. The molecule has 0 aliphatic carbocycles. The normalized spacial score (nSPS) is 11.3. The van der Waals surface area contributed by atoms with Crippen molar-refractivity contribution in [2.75, 3.05) is 0 Å². The summed E-state index contributed by atoms with van der Waals surface area (Å²) in [6.45, 7) is 7.82. The van der Waals surface area contributed by atoms with Crippen LogP contribution in [0.2, 0.25) is 0 Å². The molecule has 0 unspecified atom stereocenters. The van der Waals surface area contributed by atoms with Crippen LogP contribution in [0.15, 0.2) is 6.20 Å². The second-order valence-electron chi connectivity index (χ2n) is 5.30. The van der Waals surface area contributed by atoms with Crippen molar-refractivity contribution >= 4 is 0 Å². The van der Waals surface area contributed by atoms with E-state index in [0.29, 0.717) is 0 Å². The van der Waals surface area contributed by atoms with Gasteiger partial charge in [-0.3, -0.25) is 0 Å². The average Bonchev–Trinajstić information content (AvgIpc) is 2.73. The first-order valence-electron chi connectivity index (χ1n) is 7.11. The summed E-state index contributed by atoms with van der Waals surface area (Å²) in [7, 11) is 0. The maximum Gasteiger partial charge on any atom is 0.0725 e. The molecule has 0 spiro atoms. The van der Waals surface area contributed by atoms with E-state index in [4.69, 9.17) is 0 Å². The van der Waals surface area contributed by atoms with Gasteiger partial charge in [0.05, 0.1) is 11.9 Å². The second-order valence-corrected chi connectivity index (χ2v) is 5.30. The summed E-state index contributed by atoms with van der Waals surface area (Å²) in [5, 5.41) is 8.21. The molecule has 0 saturated heterocycles. The van der Waals surface area contributed by atoms with Crippen LogP contribution in [0, 0.1) is 5.92 Å². The van der Waals surface area contributed by atoms with Crippen LogP contribution < -0.4 is 0 Å². The van der Waals surface area contributed by atoms with E-state index in [1.165, 1.54) is 44.2 Å². The van der Waals surface area contributed by atoms with Gasteiger partial charge >= 0.3 is 0 Å². The van der Waals surface area contributed by atoms with Gasteiger partial charge in [0.25, 0.3) is 0 Å². The van der Waals surface area contributed by atoms with Crippen LogP contribution in [0.4, 0.5) is 0 Å². The van der Waals surface area contributed by atoms with E-state index >= 15 is 0 Å². The summed E-state index contributed by atoms with van der Waals surface area (Å²) >= 11 is 0. The van der Waals surface area contributed by atoms with E-state index in [0.717, 1.165) is 18.9 Å². The predicted molar refractivity (Wildman–Crippen MR) is 71.9 cm³/mol. The van der Waals surface area contributed by atoms with Crippen LogP contribution in [-0.4, -0.2) is 15.0 Å². The van der Waals surface area contributed by atoms with E-state index in [-0.39, 0.29) is 0 Å². The molecule has 1 aromatic rings. The average molecular weight is 237 g/mol. The van der Waals surface area contributed by atoms with Gasteiger partial charge < -0.3 is 0 Å². The quantitative estimate of drug-likeness (QED) is 0.611. The molecule has 0 aliphatic heterocycles. The minimum Gasteiger partial charge on any atom is -0.249 e. The van der Waals surface area contributed by atoms with Crippen LogP contribution in [0.3, 0.4) is 0 Å². The molecular weight excluding hydrogens is 210 g/mol. The Bertz CT molecular complexity index is 291. The Hall–Kier alpha value is -0.860. The zero-order valence-electron chi connectivity index (χ0n) is 11.7. The smallest absolute Gasteiger partial charge is 0.0725 e. The predicted octanol–water partition coefficient (Wildman–Crippen LogP) is 3.84. The molecule has 17 heavy (non-hydrogen) atoms. The maximum atomic E-state index is 4.18. The summed E-state index contributed by atoms with van der Waals surface area (Å²) in [6, 6.07) is 0. The number of nitrogens with zero attached hydrogens (tertiary/aromatic N) is 3. The molecule has 0 amide bonds. The van der Waals surface area contributed by atoms with Crippen LogP contribution in [0.25, 0.3) is 0 Å². The van der Waals surface area contributed by atoms with Crippen molar-refractivity contribution < 1.29 is 0 Å². The fourth-order valence-electron chi connectivity index (χ4n) is 1.96. The van der Waals surface area contributed by atoms with Crippen molar-refractivity contribution in [2.24, 2.45) is 5.92 Å². The van der Waals surface area contributed by atoms with Crippen molar-refractivity contribution in [1.82, 2.24) is 15.0 Å². The molecule has 0 N–H and O–H groups in total. The third kappa shape index (κ3) is 5.85. The van der Waals surface area contributed by atoms with E-state index in [2.05, 4.69) is 35.8 Å². The fourth-order valence-corrected chi connectivity index (χ4v) is 1.96. The fraction of sp³-hybridized carbons (Fsp3) is 0.857. The van der Waals surface area contributed by atoms with Crippen molar-refractivity contribution in [3.63, 3.8) is 0 Å². The summed E-state index contributed by atoms with van der Waals surface area (Å²) in [6.07, 6.45) is 10.8. The highest BCUT2D eigenvalue weighted by atomic mass is 15.4. The molecule has 1 aromatic heterocycles. The van der Waals surface area contributed by atoms with Gasteiger partial charge in [-0.1, -0.05) is 51.7 Å². The van der Waals surface area contributed by atoms with Crippen LogP contribution in [0.5, 0.6) is 0 Å². The Morgan fingerprint density at radius 1 is 1.18 bits per heavy atom. The monoisotopic (exact) mass is 237 g/mol. The Balaban J connectivity index is 2.25. The highest BCUT2D eigenvalue weighted by Crippen LogP contribution is 2.09. The molecular formula is C14H27N3. The summed E-state index contributed by atoms with van der Waals surface area (Å²) < 4.78 is 2.09. The van der Waals surface area contributed by atoms with E-state index < -0.39 is 0 Å².